The summed E-state index contributed by atoms with van der Waals surface area (Å²) in [5.41, 5.74) is 2.19. The monoisotopic (exact) mass is 1490 g/mol. The number of aromatic amines is 1. The number of fused-ring (bicyclic) bond motifs is 4. The molecular weight excluding hydrogens is 1420 g/mol. The summed E-state index contributed by atoms with van der Waals surface area (Å²) in [6.45, 7) is 6.28. The maximum Gasteiger partial charge on any atom is 0.408 e. The number of carbonyl (C=O) groups excluding carboxylic acids is 11. The van der Waals surface area contributed by atoms with Gasteiger partial charge in [0.05, 0.1) is 28.2 Å². The predicted molar refractivity (Wildman–Crippen MR) is 399 cm³/mol. The fourth-order valence-corrected chi connectivity index (χ4v) is 12.6. The van der Waals surface area contributed by atoms with E-state index in [1.165, 1.54) is 113 Å². The number of alkyl carbamates (subject to hydrolysis) is 1. The first-order valence-corrected chi connectivity index (χ1v) is 33.9. The van der Waals surface area contributed by atoms with Crippen LogP contribution < -0.4 is 58.1 Å². The quantitative estimate of drug-likeness (QED) is 0.0301. The minimum atomic E-state index is -1.34. The molecule has 1 aliphatic heterocycles. The highest BCUT2D eigenvalue weighted by molar-refractivity contribution is 6.20. The third-order valence-corrected chi connectivity index (χ3v) is 17.6. The summed E-state index contributed by atoms with van der Waals surface area (Å²) in [7, 11) is 10.9. The van der Waals surface area contributed by atoms with E-state index in [-0.39, 0.29) is 129 Å². The van der Waals surface area contributed by atoms with Crippen LogP contribution in [-0.4, -0.2) is 158 Å². The van der Waals surface area contributed by atoms with Crippen LogP contribution in [-0.2, 0) is 63.7 Å². The van der Waals surface area contributed by atoms with Gasteiger partial charge in [-0.3, -0.25) is 47.9 Å². The number of anilines is 9. The first kappa shape index (κ1) is 73.9. The number of benzene rings is 3. The number of amides is 11. The molecule has 0 saturated carbocycles. The number of imidazole rings is 4. The van der Waals surface area contributed by atoms with Crippen LogP contribution in [0.2, 0.25) is 0 Å². The van der Waals surface area contributed by atoms with E-state index in [2.05, 4.69) is 78.1 Å². The van der Waals surface area contributed by atoms with Crippen LogP contribution >= 0.6 is 11.6 Å². The van der Waals surface area contributed by atoms with Gasteiger partial charge in [-0.25, -0.2) is 24.7 Å². The number of alkyl halides is 1. The van der Waals surface area contributed by atoms with E-state index in [9.17, 15) is 57.8 Å². The zero-order chi connectivity index (χ0) is 77.5. The molecule has 12 rings (SSSR count). The third-order valence-electron chi connectivity index (χ3n) is 17.3. The molecule has 1 unspecified atom stereocenters. The molecule has 8 aromatic heterocycles. The van der Waals surface area contributed by atoms with E-state index >= 15 is 0 Å². The van der Waals surface area contributed by atoms with E-state index in [1.54, 1.807) is 92.5 Å². The van der Waals surface area contributed by atoms with Gasteiger partial charge < -0.3 is 105 Å². The fourth-order valence-electron chi connectivity index (χ4n) is 12.4. The Morgan fingerprint density at radius 3 is 1.64 bits per heavy atom. The Labute approximate surface area is 618 Å². The lowest BCUT2D eigenvalue weighted by atomic mass is 9.95. The van der Waals surface area contributed by atoms with Crippen LogP contribution in [0.4, 0.5) is 56.6 Å². The Balaban J connectivity index is 0.642. The normalized spacial score (nSPS) is 12.8. The Bertz CT molecular complexity index is 5520. The SMILES string of the molecule is CC(=O)Nc1cn(C)c(C(=O)Nc2cn(C)c(C(=O)Nc3cn(C)c(C(=O)Nc4cn(C)c(C(=O)NCC[C@@H](NC(=O)OC(C)(C)C)C(=O)Nc5ccc(C(=O)Nc6cn(C)cc6C(=O)Nc6cn(C)cc6C(=O)Nc6ccc7[nH]c(C(=O)N8CC(CCl)c9c8cc(O)c8ccccc98)cc7c6)n5C)n4)n3)n2)n1. The van der Waals surface area contributed by atoms with E-state index in [1.807, 2.05) is 24.3 Å². The molecular formula is C71H74ClN23O13. The van der Waals surface area contributed by atoms with Crippen LogP contribution in [0.3, 0.4) is 0 Å². The number of halogens is 1. The van der Waals surface area contributed by atoms with Crippen molar-refractivity contribution in [1.29, 1.82) is 0 Å². The van der Waals surface area contributed by atoms with Crippen LogP contribution in [0, 0.1) is 0 Å². The molecule has 1 aliphatic rings. The zero-order valence-electron chi connectivity index (χ0n) is 60.0. The van der Waals surface area contributed by atoms with Crippen molar-refractivity contribution >= 4 is 150 Å². The maximum absolute atomic E-state index is 14.2. The largest absolute Gasteiger partial charge is 0.507 e. The molecule has 108 heavy (non-hydrogen) atoms. The number of hydrogen-bond donors (Lipinski definition) is 12. The van der Waals surface area contributed by atoms with Crippen molar-refractivity contribution in [3.8, 4) is 5.75 Å². The fraction of sp³-hybridized carbons (Fsp3) is 0.254. The van der Waals surface area contributed by atoms with Crippen molar-refractivity contribution in [3.05, 3.63) is 168 Å². The molecule has 3 aromatic carbocycles. The summed E-state index contributed by atoms with van der Waals surface area (Å²) in [6, 6.07) is 17.3. The molecule has 0 bridgehead atoms. The van der Waals surface area contributed by atoms with Gasteiger partial charge in [-0.1, -0.05) is 24.3 Å². The first-order valence-electron chi connectivity index (χ1n) is 33.4. The Hall–Kier alpha value is -13.8. The first-order chi connectivity index (χ1) is 51.3. The van der Waals surface area contributed by atoms with Gasteiger partial charge in [-0.2, -0.15) is 0 Å². The summed E-state index contributed by atoms with van der Waals surface area (Å²) in [5, 5.41) is 39.7. The molecule has 0 aliphatic carbocycles. The van der Waals surface area contributed by atoms with E-state index in [0.29, 0.717) is 34.2 Å². The predicted octanol–water partition coefficient (Wildman–Crippen LogP) is 7.08. The summed E-state index contributed by atoms with van der Waals surface area (Å²) in [6.07, 6.45) is 10.5. The number of nitrogens with zero attached hydrogens (tertiary/aromatic N) is 12. The molecule has 2 atom stereocenters. The van der Waals surface area contributed by atoms with E-state index in [4.69, 9.17) is 16.3 Å². The Morgan fingerprint density at radius 2 is 1.10 bits per heavy atom. The van der Waals surface area contributed by atoms with Crippen molar-refractivity contribution in [1.82, 2.24) is 67.5 Å². The van der Waals surface area contributed by atoms with Gasteiger partial charge in [0.2, 0.25) is 35.1 Å². The van der Waals surface area contributed by atoms with Crippen LogP contribution in [0.1, 0.15) is 130 Å². The molecule has 0 fully saturated rings. The Kier molecular flexibility index (Phi) is 20.4. The van der Waals surface area contributed by atoms with E-state index < -0.39 is 65.0 Å². The molecule has 0 spiro atoms. The molecule has 36 nitrogen and oxygen atoms in total. The number of carbonyl (C=O) groups is 11. The highest BCUT2D eigenvalue weighted by Crippen LogP contribution is 2.46. The molecule has 558 valence electrons. The second-order valence-electron chi connectivity index (χ2n) is 26.7. The summed E-state index contributed by atoms with van der Waals surface area (Å²) >= 11 is 6.45. The number of H-pyrrole nitrogens is 1. The lowest BCUT2D eigenvalue weighted by molar-refractivity contribution is -0.118. The van der Waals surface area contributed by atoms with Crippen LogP contribution in [0.15, 0.2) is 116 Å². The van der Waals surface area contributed by atoms with Crippen molar-refractivity contribution in [2.45, 2.75) is 51.7 Å². The third kappa shape index (κ3) is 15.8. The van der Waals surface area contributed by atoms with Crippen LogP contribution in [0.25, 0.3) is 21.7 Å². The average Bonchev–Trinajstić information content (AvgIpc) is 1.58. The lowest BCUT2D eigenvalue weighted by Gasteiger charge is -2.23. The van der Waals surface area contributed by atoms with Crippen molar-refractivity contribution in [2.24, 2.45) is 49.3 Å². The van der Waals surface area contributed by atoms with Gasteiger partial charge >= 0.3 is 6.09 Å². The minimum absolute atomic E-state index is 0.0136. The summed E-state index contributed by atoms with van der Waals surface area (Å²) in [4.78, 5) is 170. The number of phenols is 1. The van der Waals surface area contributed by atoms with Gasteiger partial charge in [-0.05, 0) is 74.5 Å². The summed E-state index contributed by atoms with van der Waals surface area (Å²) < 4.78 is 15.4. The highest BCUT2D eigenvalue weighted by atomic mass is 35.5. The molecule has 12 N–H and O–H groups in total. The van der Waals surface area contributed by atoms with Gasteiger partial charge in [0.15, 0.2) is 23.3 Å². The number of aromatic hydroxyl groups is 1. The maximum atomic E-state index is 14.2. The molecule has 0 saturated heterocycles. The number of aryl methyl sites for hydroxylation is 6. The van der Waals surface area contributed by atoms with Crippen LogP contribution in [0.5, 0.6) is 5.75 Å². The minimum Gasteiger partial charge on any atom is -0.507 e. The van der Waals surface area contributed by atoms with Crippen molar-refractivity contribution in [2.75, 3.05) is 66.4 Å². The van der Waals surface area contributed by atoms with Crippen molar-refractivity contribution in [3.63, 3.8) is 0 Å². The number of aromatic nitrogens is 12. The topological polar surface area (TPSA) is 443 Å². The second kappa shape index (κ2) is 29.7. The van der Waals surface area contributed by atoms with Crippen molar-refractivity contribution < 1.29 is 62.6 Å². The number of rotatable bonds is 22. The molecule has 9 heterocycles. The molecule has 11 amide bonds. The van der Waals surface area contributed by atoms with Gasteiger partial charge in [0, 0.05) is 159 Å². The number of nitrogens with one attached hydrogen (secondary N) is 11. The van der Waals surface area contributed by atoms with Gasteiger partial charge in [0.1, 0.15) is 34.6 Å². The second-order valence-corrected chi connectivity index (χ2v) is 27.0. The van der Waals surface area contributed by atoms with E-state index in [0.717, 1.165) is 10.9 Å². The average molecular weight is 1490 g/mol. The number of hydrogen-bond acceptors (Lipinski definition) is 17. The van der Waals surface area contributed by atoms with Gasteiger partial charge in [-0.15, -0.1) is 11.6 Å². The van der Waals surface area contributed by atoms with Gasteiger partial charge in [0.25, 0.3) is 47.3 Å². The highest BCUT2D eigenvalue weighted by Gasteiger charge is 2.36. The molecule has 11 aromatic rings. The molecule has 37 heteroatoms. The number of ether oxygens (including phenoxy) is 1. The summed E-state index contributed by atoms with van der Waals surface area (Å²) in [5.74, 6) is -6.48. The zero-order valence-corrected chi connectivity index (χ0v) is 60.8. The smallest absolute Gasteiger partial charge is 0.408 e. The standard InChI is InChI=1S/C71H74ClN23O13/c1-35(96)74-51-31-91(8)58(80-51)66(103)85-53-33-93(10)60(82-53)68(105)86-54-34-92(9)59(83-54)67(104)84-52-32-90(7)57(81-52)65(102)73-21-20-44(79-70(107)108-71(2,3)4)63(100)87-55-19-18-48(94(55)11)64(101)78-47-30-89(6)28-42(47)62(99)77-46-29-88(5)27-41(46)61(98)75-38-16-17-43-36(22-38)23-45(76-43)69(106)95-26-37(25-72)56-40-15-13-12-14-39(40)50(97)24-49(56)95/h12-19,22-24,27-34,37,44,76,97H,20-21,25-26H2,1-11H3,(H,73,102)(H,74,96)(H,75,98)(H,77,99)(H,78,101)(H,79,107)(H,84,104)(H,85,103)(H,86,105)(H,87,100)/t37?,44-/m1/s1. The molecule has 0 radical (unpaired) electrons. The number of phenolic OH excluding ortho intramolecular Hbond substituents is 1. The Morgan fingerprint density at radius 1 is 0.583 bits per heavy atom. The lowest BCUT2D eigenvalue weighted by Crippen LogP contribution is -2.47.